The highest BCUT2D eigenvalue weighted by Crippen LogP contribution is 2.41. The van der Waals surface area contributed by atoms with Gasteiger partial charge in [0.05, 0.1) is 0 Å². The number of allylic oxidation sites excluding steroid dienone is 1. The minimum absolute atomic E-state index is 0.216. The highest BCUT2D eigenvalue weighted by molar-refractivity contribution is 4.98. The maximum absolute atomic E-state index is 5.65. The fourth-order valence-electron chi connectivity index (χ4n) is 1.99. The molecule has 1 saturated carbocycles. The van der Waals surface area contributed by atoms with Crippen LogP contribution in [-0.4, -0.2) is 6.04 Å². The highest BCUT2D eigenvalue weighted by atomic mass is 14.6. The molecule has 1 fully saturated rings. The largest absolute Gasteiger partial charge is 0.325 e. The molecule has 0 radical (unpaired) electrons. The molecule has 1 heteroatoms. The minimum atomic E-state index is 0.216. The molecule has 0 heterocycles. The average Bonchev–Trinajstić information content (AvgIpc) is 2.26. The number of hydrogen-bond donors (Lipinski definition) is 1. The first-order valence-electron chi connectivity index (χ1n) is 4.93. The van der Waals surface area contributed by atoms with Gasteiger partial charge >= 0.3 is 0 Å². The first kappa shape index (κ1) is 9.79. The summed E-state index contributed by atoms with van der Waals surface area (Å²) in [5.74, 6) is 0.783. The van der Waals surface area contributed by atoms with Gasteiger partial charge in [-0.2, -0.15) is 0 Å². The Morgan fingerprint density at radius 1 is 1.50 bits per heavy atom. The smallest absolute Gasteiger partial charge is 0.0194 e. The molecular formula is C11H21N. The van der Waals surface area contributed by atoms with Gasteiger partial charge in [0.25, 0.3) is 0 Å². The summed E-state index contributed by atoms with van der Waals surface area (Å²) < 4.78 is 0. The second-order valence-corrected chi connectivity index (χ2v) is 4.91. The lowest BCUT2D eigenvalue weighted by molar-refractivity contribution is 0.372. The first-order valence-corrected chi connectivity index (χ1v) is 4.93. The van der Waals surface area contributed by atoms with Crippen LogP contribution in [0.3, 0.4) is 0 Å². The molecule has 1 aliphatic carbocycles. The molecule has 12 heavy (non-hydrogen) atoms. The predicted octanol–water partition coefficient (Wildman–Crippen LogP) is 2.72. The van der Waals surface area contributed by atoms with E-state index in [1.54, 1.807) is 0 Å². The van der Waals surface area contributed by atoms with Crippen molar-refractivity contribution in [2.45, 2.75) is 46.1 Å². The fraction of sp³-hybridized carbons (Fsp3) is 0.818. The zero-order chi connectivity index (χ0) is 9.19. The third-order valence-corrected chi connectivity index (χ3v) is 2.69. The summed E-state index contributed by atoms with van der Waals surface area (Å²) in [4.78, 5) is 0. The van der Waals surface area contributed by atoms with E-state index >= 15 is 0 Å². The lowest BCUT2D eigenvalue weighted by atomic mass is 9.90. The highest BCUT2D eigenvalue weighted by Gasteiger charge is 2.28. The average molecular weight is 167 g/mol. The van der Waals surface area contributed by atoms with Crippen LogP contribution in [0.25, 0.3) is 0 Å². The van der Waals surface area contributed by atoms with Gasteiger partial charge in [0, 0.05) is 6.04 Å². The molecule has 0 spiro atoms. The summed E-state index contributed by atoms with van der Waals surface area (Å²) >= 11 is 0. The molecule has 70 valence electrons. The third-order valence-electron chi connectivity index (χ3n) is 2.69. The molecule has 0 aliphatic heterocycles. The standard InChI is InChI=1S/C11H21N/c1-9(12)4-5-10-6-7-11(2,3)8-10/h4-5,9-10H,6-8,12H2,1-3H3/b5-4+. The van der Waals surface area contributed by atoms with Crippen molar-refractivity contribution in [1.29, 1.82) is 0 Å². The van der Waals surface area contributed by atoms with Gasteiger partial charge in [-0.15, -0.1) is 0 Å². The van der Waals surface area contributed by atoms with Gasteiger partial charge in [-0.25, -0.2) is 0 Å². The quantitative estimate of drug-likeness (QED) is 0.629. The van der Waals surface area contributed by atoms with Crippen molar-refractivity contribution in [2.75, 3.05) is 0 Å². The second-order valence-electron chi connectivity index (χ2n) is 4.91. The van der Waals surface area contributed by atoms with Crippen molar-refractivity contribution >= 4 is 0 Å². The van der Waals surface area contributed by atoms with Crippen LogP contribution in [0.15, 0.2) is 12.2 Å². The number of hydrogen-bond acceptors (Lipinski definition) is 1. The molecule has 0 aromatic heterocycles. The van der Waals surface area contributed by atoms with E-state index in [9.17, 15) is 0 Å². The summed E-state index contributed by atoms with van der Waals surface area (Å²) in [5.41, 5.74) is 6.21. The summed E-state index contributed by atoms with van der Waals surface area (Å²) in [6.07, 6.45) is 8.47. The van der Waals surface area contributed by atoms with Crippen LogP contribution in [0, 0.1) is 11.3 Å². The van der Waals surface area contributed by atoms with Crippen molar-refractivity contribution in [3.8, 4) is 0 Å². The fourth-order valence-corrected chi connectivity index (χ4v) is 1.99. The monoisotopic (exact) mass is 167 g/mol. The van der Waals surface area contributed by atoms with E-state index in [4.69, 9.17) is 5.73 Å². The second kappa shape index (κ2) is 3.61. The molecule has 0 aromatic carbocycles. The lowest BCUT2D eigenvalue weighted by Crippen LogP contribution is -2.11. The molecule has 2 N–H and O–H groups in total. The minimum Gasteiger partial charge on any atom is -0.325 e. The van der Waals surface area contributed by atoms with Gasteiger partial charge in [-0.3, -0.25) is 0 Å². The van der Waals surface area contributed by atoms with E-state index in [0.29, 0.717) is 5.41 Å². The molecule has 0 amide bonds. The van der Waals surface area contributed by atoms with Crippen molar-refractivity contribution in [2.24, 2.45) is 17.1 Å². The molecule has 1 aliphatic rings. The Bertz CT molecular complexity index is 168. The van der Waals surface area contributed by atoms with Gasteiger partial charge in [0.1, 0.15) is 0 Å². The molecule has 0 bridgehead atoms. The van der Waals surface area contributed by atoms with Gasteiger partial charge < -0.3 is 5.73 Å². The molecule has 2 unspecified atom stereocenters. The van der Waals surface area contributed by atoms with E-state index in [-0.39, 0.29) is 6.04 Å². The van der Waals surface area contributed by atoms with Crippen LogP contribution in [0.5, 0.6) is 0 Å². The summed E-state index contributed by atoms with van der Waals surface area (Å²) in [7, 11) is 0. The topological polar surface area (TPSA) is 26.0 Å². The Morgan fingerprint density at radius 2 is 2.17 bits per heavy atom. The lowest BCUT2D eigenvalue weighted by Gasteiger charge is -2.15. The van der Waals surface area contributed by atoms with Crippen molar-refractivity contribution in [3.63, 3.8) is 0 Å². The van der Waals surface area contributed by atoms with Crippen molar-refractivity contribution < 1.29 is 0 Å². The van der Waals surface area contributed by atoms with E-state index in [1.165, 1.54) is 19.3 Å². The molecular weight excluding hydrogens is 146 g/mol. The van der Waals surface area contributed by atoms with Gasteiger partial charge in [-0.05, 0) is 37.5 Å². The van der Waals surface area contributed by atoms with Crippen LogP contribution >= 0.6 is 0 Å². The van der Waals surface area contributed by atoms with Crippen LogP contribution in [0.1, 0.15) is 40.0 Å². The van der Waals surface area contributed by atoms with E-state index in [1.807, 2.05) is 6.92 Å². The Kier molecular flexibility index (Phi) is 2.94. The van der Waals surface area contributed by atoms with E-state index in [0.717, 1.165) is 5.92 Å². The Hall–Kier alpha value is -0.300. The summed E-state index contributed by atoms with van der Waals surface area (Å²) in [5, 5.41) is 0. The normalized spacial score (nSPS) is 31.2. The van der Waals surface area contributed by atoms with Crippen molar-refractivity contribution in [1.82, 2.24) is 0 Å². The maximum Gasteiger partial charge on any atom is 0.0194 e. The van der Waals surface area contributed by atoms with E-state index < -0.39 is 0 Å². The number of rotatable bonds is 2. The SMILES string of the molecule is CC(N)/C=C/C1CCC(C)(C)C1. The molecule has 0 aromatic rings. The molecule has 1 rings (SSSR count). The molecule has 0 saturated heterocycles. The van der Waals surface area contributed by atoms with Gasteiger partial charge in [0.15, 0.2) is 0 Å². The Morgan fingerprint density at radius 3 is 2.58 bits per heavy atom. The third kappa shape index (κ3) is 2.98. The van der Waals surface area contributed by atoms with Gasteiger partial charge in [-0.1, -0.05) is 26.0 Å². The molecule has 2 atom stereocenters. The Labute approximate surface area is 76.0 Å². The zero-order valence-electron chi connectivity index (χ0n) is 8.51. The maximum atomic E-state index is 5.65. The summed E-state index contributed by atoms with van der Waals surface area (Å²) in [6, 6.07) is 0.216. The predicted molar refractivity (Wildman–Crippen MR) is 53.9 cm³/mol. The van der Waals surface area contributed by atoms with Crippen LogP contribution in [0.4, 0.5) is 0 Å². The Balaban J connectivity index is 2.38. The van der Waals surface area contributed by atoms with E-state index in [2.05, 4.69) is 26.0 Å². The summed E-state index contributed by atoms with van der Waals surface area (Å²) in [6.45, 7) is 6.73. The van der Waals surface area contributed by atoms with Gasteiger partial charge in [0.2, 0.25) is 0 Å². The van der Waals surface area contributed by atoms with Crippen LogP contribution < -0.4 is 5.73 Å². The molecule has 1 nitrogen and oxygen atoms in total. The number of nitrogens with two attached hydrogens (primary N) is 1. The first-order chi connectivity index (χ1) is 5.49. The van der Waals surface area contributed by atoms with Crippen LogP contribution in [0.2, 0.25) is 0 Å². The zero-order valence-corrected chi connectivity index (χ0v) is 8.51. The van der Waals surface area contributed by atoms with Crippen molar-refractivity contribution in [3.05, 3.63) is 12.2 Å². The van der Waals surface area contributed by atoms with Crippen LogP contribution in [-0.2, 0) is 0 Å².